The Morgan fingerprint density at radius 3 is 0.813 bits per heavy atom. The summed E-state index contributed by atoms with van der Waals surface area (Å²) in [7, 11) is 5.01. The van der Waals surface area contributed by atoms with Gasteiger partial charge in [0.1, 0.15) is 42.1 Å². The number of benzene rings is 8. The Morgan fingerprint density at radius 1 is 0.328 bits per heavy atom. The monoisotopic (exact) mass is 1890 g/mol. The first-order valence-corrected chi connectivity index (χ1v) is 46.2. The summed E-state index contributed by atoms with van der Waals surface area (Å²) < 4.78 is 13.4. The molecule has 27 nitrogen and oxygen atoms in total. The zero-order chi connectivity index (χ0) is 93.0. The Morgan fingerprint density at radius 2 is 0.567 bits per heavy atom. The van der Waals surface area contributed by atoms with Gasteiger partial charge in [-0.15, -0.1) is 37.2 Å². The Kier molecular flexibility index (Phi) is 41.1. The number of carbonyl (C=O) groups excluding carboxylic acids is 12. The van der Waals surface area contributed by atoms with Crippen LogP contribution in [0.5, 0.6) is 0 Å². The van der Waals surface area contributed by atoms with Crippen molar-refractivity contribution in [3.05, 3.63) is 287 Å². The number of aryl methyl sites for hydroxylation is 2. The zero-order valence-electron chi connectivity index (χ0n) is 77.2. The minimum absolute atomic E-state index is 0. The molecule has 0 aliphatic carbocycles. The van der Waals surface area contributed by atoms with Gasteiger partial charge in [-0.3, -0.25) is 57.5 Å². The zero-order valence-corrected chi connectivity index (χ0v) is 79.7. The second kappa shape index (κ2) is 52.1. The molecule has 14 rings (SSSR count). The maximum absolute atomic E-state index is 14.3. The van der Waals surface area contributed by atoms with Crippen LogP contribution >= 0.6 is 37.2 Å². The minimum Gasteiger partial charge on any atom is -0.343 e. The van der Waals surface area contributed by atoms with Crippen molar-refractivity contribution in [2.75, 3.05) is 60.4 Å². The molecule has 0 spiro atoms. The number of carbonyl (C=O) groups is 12. The Hall–Kier alpha value is -11.9. The summed E-state index contributed by atoms with van der Waals surface area (Å²) in [6, 6.07) is 66.0. The molecule has 0 saturated carbocycles. The number of nitrogens with zero attached hydrogens (tertiary/aromatic N) is 6. The molecular formula is C103H129Cl3FN15O12. The summed E-state index contributed by atoms with van der Waals surface area (Å²) in [5, 5.41) is 27.0. The predicted molar refractivity (Wildman–Crippen MR) is 521 cm³/mol. The van der Waals surface area contributed by atoms with Crippen molar-refractivity contribution >= 4 is 108 Å². The Bertz CT molecular complexity index is 5040. The van der Waals surface area contributed by atoms with E-state index in [4.69, 9.17) is 0 Å². The number of rotatable bonds is 29. The first-order chi connectivity index (χ1) is 63.4. The van der Waals surface area contributed by atoms with Gasteiger partial charge in [0.15, 0.2) is 0 Å². The van der Waals surface area contributed by atoms with Gasteiger partial charge in [-0.25, -0.2) is 4.39 Å². The van der Waals surface area contributed by atoms with E-state index >= 15 is 0 Å². The van der Waals surface area contributed by atoms with E-state index in [-0.39, 0.29) is 170 Å². The van der Waals surface area contributed by atoms with Gasteiger partial charge in [0.25, 0.3) is 0 Å². The summed E-state index contributed by atoms with van der Waals surface area (Å²) in [5.41, 5.74) is 7.56. The molecule has 6 aliphatic rings. The molecule has 716 valence electrons. The lowest BCUT2D eigenvalue weighted by Gasteiger charge is -2.39. The number of halogens is 4. The van der Waals surface area contributed by atoms with Crippen LogP contribution < -0.4 is 47.9 Å². The number of amides is 12. The average Bonchev–Trinajstić information content (AvgIpc) is 1.68. The van der Waals surface area contributed by atoms with E-state index in [1.54, 1.807) is 83.4 Å². The van der Waals surface area contributed by atoms with E-state index in [9.17, 15) is 61.9 Å². The standard InChI is InChI=1S/C36H42FN5O4.C36H43N5O4.C31H41N5O4.3ClH/c1-24(38-2)34(44)39-30-23-41(32(43)20-15-25-13-16-28(37)17-14-25)22-21-29-18-19-31(42(29)36(30)46)35(45)40-33(26-9-5-3-6-10-26)27-11-7-4-8-12-27;1-25(37-2)34(43)38-30-24-40(32(42)21-18-26-12-6-3-7-13-26)23-22-29-19-20-31(41(29)36(30)45)35(44)39-33(27-14-8-4-9-15-27)28-16-10-5-11-17-28;1-4-11-27(37)35-19-18-24-16-17-26(36(24)31(40)25(20-35)33-29(38)21(2)32-3)30(39)34-28(22-12-7-5-8-13-22)23-14-9-6-10-15-23;;;/h3-14,16-17,24,29-31,33,38H,15,18-23H2,1-2H3,(H,39,44)(H,40,45);3-17,25,29-31,33,37H,18-24H2,1-2H3,(H,38,43)(H,39,44);5-10,12-15,21,24-26,28,32H,4,11,16-20H2,1-3H3,(H,33,38)(H,34,39);3*1H/t24-,29+,30-,31-;25-,29+,30-,31-;21-,24+,25-,26-;;;/m000.../s1. The molecule has 8 aromatic carbocycles. The SMILES string of the molecule is CCCC(=O)N1CC[C@H]2CC[C@@H](C(=O)NC(c3ccccc3)c3ccccc3)N2C(=O)[C@@H](NC(=O)[C@H](C)NC)C1.CN[C@@H](C)C(=O)N[C@H]1CN(C(=O)CCc2ccc(F)cc2)CC[C@H]2CC[C@@H](C(=O)NC(c3ccccc3)c3ccccc3)N2C1=O.CN[C@@H](C)C(=O)N[C@H]1CN(C(=O)CCc2ccccc2)CC[C@H]2CC[C@@H](C(=O)NC(c3ccccc3)c3ccccc3)N2C1=O.Cl.Cl.Cl. The number of hydrogen-bond acceptors (Lipinski definition) is 15. The van der Waals surface area contributed by atoms with Crippen LogP contribution in [0.15, 0.2) is 237 Å². The largest absolute Gasteiger partial charge is 0.343 e. The van der Waals surface area contributed by atoms with Gasteiger partial charge >= 0.3 is 0 Å². The smallest absolute Gasteiger partial charge is 0.247 e. The van der Waals surface area contributed by atoms with E-state index in [2.05, 4.69) is 47.9 Å². The summed E-state index contributed by atoms with van der Waals surface area (Å²) in [6.07, 6.45) is 7.73. The molecule has 6 heterocycles. The third-order valence-electron chi connectivity index (χ3n) is 26.1. The number of hydrogen-bond donors (Lipinski definition) is 9. The van der Waals surface area contributed by atoms with Gasteiger partial charge in [-0.2, -0.15) is 0 Å². The number of fused-ring (bicyclic) bond motifs is 3. The molecule has 0 radical (unpaired) electrons. The second-order valence-electron chi connectivity index (χ2n) is 34.7. The Labute approximate surface area is 804 Å². The summed E-state index contributed by atoms with van der Waals surface area (Å²) in [4.78, 5) is 173. The van der Waals surface area contributed by atoms with Crippen LogP contribution in [-0.4, -0.2) is 233 Å². The number of nitrogens with one attached hydrogen (secondary N) is 9. The van der Waals surface area contributed by atoms with Gasteiger partial charge in [0.2, 0.25) is 70.9 Å². The fourth-order valence-electron chi connectivity index (χ4n) is 18.3. The van der Waals surface area contributed by atoms with E-state index < -0.39 is 60.4 Å². The maximum atomic E-state index is 14.3. The lowest BCUT2D eigenvalue weighted by atomic mass is 9.98. The van der Waals surface area contributed by atoms with Gasteiger partial charge in [-0.05, 0) is 176 Å². The molecule has 0 unspecified atom stereocenters. The van der Waals surface area contributed by atoms with Crippen LogP contribution in [0, 0.1) is 5.82 Å². The molecule has 134 heavy (non-hydrogen) atoms. The van der Waals surface area contributed by atoms with Crippen LogP contribution in [-0.2, 0) is 70.4 Å². The van der Waals surface area contributed by atoms with Crippen LogP contribution in [0.3, 0.4) is 0 Å². The lowest BCUT2D eigenvalue weighted by Crippen LogP contribution is -2.62. The summed E-state index contributed by atoms with van der Waals surface area (Å²) in [6.45, 7) is 8.52. The highest BCUT2D eigenvalue weighted by atomic mass is 35.5. The molecule has 0 bridgehead atoms. The van der Waals surface area contributed by atoms with Gasteiger partial charge in [0.05, 0.1) is 36.3 Å². The Balaban J connectivity index is 0.000000224. The molecule has 8 aromatic rings. The first kappa shape index (κ1) is 106. The van der Waals surface area contributed by atoms with E-state index in [0.717, 1.165) is 44.5 Å². The lowest BCUT2D eigenvalue weighted by molar-refractivity contribution is -0.147. The highest BCUT2D eigenvalue weighted by molar-refractivity contribution is 5.98. The molecular weight excluding hydrogens is 1760 g/mol. The van der Waals surface area contributed by atoms with Crippen molar-refractivity contribution in [3.63, 3.8) is 0 Å². The van der Waals surface area contributed by atoms with Crippen LogP contribution in [0.4, 0.5) is 4.39 Å². The topological polar surface area (TPSA) is 333 Å². The van der Waals surface area contributed by atoms with Crippen LogP contribution in [0.2, 0.25) is 0 Å². The molecule has 0 aromatic heterocycles. The molecule has 31 heteroatoms. The van der Waals surface area contributed by atoms with Crippen molar-refractivity contribution in [3.8, 4) is 0 Å². The normalized spacial score (nSPS) is 20.4. The molecule has 6 saturated heterocycles. The van der Waals surface area contributed by atoms with Gasteiger partial charge < -0.3 is 77.3 Å². The third kappa shape index (κ3) is 27.9. The fraction of sp³-hybridized carbons (Fsp3) is 0.417. The van der Waals surface area contributed by atoms with E-state index in [1.165, 1.54) is 12.1 Å². The van der Waals surface area contributed by atoms with Crippen LogP contribution in [0.25, 0.3) is 0 Å². The molecule has 6 fully saturated rings. The fourth-order valence-corrected chi connectivity index (χ4v) is 18.3. The van der Waals surface area contributed by atoms with Gasteiger partial charge in [-0.1, -0.05) is 231 Å². The quantitative estimate of drug-likeness (QED) is 0.0210. The average molecular weight is 1890 g/mol. The summed E-state index contributed by atoms with van der Waals surface area (Å²) in [5.74, 6) is -3.31. The first-order valence-electron chi connectivity index (χ1n) is 46.2. The third-order valence-corrected chi connectivity index (χ3v) is 26.1. The van der Waals surface area contributed by atoms with Crippen molar-refractivity contribution in [2.24, 2.45) is 0 Å². The predicted octanol–water partition coefficient (Wildman–Crippen LogP) is 10.2. The van der Waals surface area contributed by atoms with Crippen molar-refractivity contribution < 1.29 is 61.9 Å². The highest BCUT2D eigenvalue weighted by Crippen LogP contribution is 2.36. The van der Waals surface area contributed by atoms with Gasteiger partial charge in [0, 0.05) is 76.7 Å². The maximum Gasteiger partial charge on any atom is 0.247 e. The molecule has 9 N–H and O–H groups in total. The number of likely N-dealkylation sites (N-methyl/N-ethyl adjacent to an activating group) is 3. The molecule has 12 atom stereocenters. The van der Waals surface area contributed by atoms with E-state index in [1.807, 2.05) is 219 Å². The van der Waals surface area contributed by atoms with Crippen molar-refractivity contribution in [2.45, 2.75) is 215 Å². The molecule has 6 aliphatic heterocycles. The van der Waals surface area contributed by atoms with E-state index in [0.29, 0.717) is 110 Å². The molecule has 12 amide bonds. The minimum atomic E-state index is -1.02. The van der Waals surface area contributed by atoms with Crippen molar-refractivity contribution in [1.82, 2.24) is 77.3 Å². The van der Waals surface area contributed by atoms with Crippen molar-refractivity contribution in [1.29, 1.82) is 0 Å². The summed E-state index contributed by atoms with van der Waals surface area (Å²) >= 11 is 0. The second-order valence-corrected chi connectivity index (χ2v) is 34.7. The van der Waals surface area contributed by atoms with Crippen LogP contribution in [0.1, 0.15) is 174 Å². The highest BCUT2D eigenvalue weighted by Gasteiger charge is 2.50.